The Labute approximate surface area is 492 Å². The summed E-state index contributed by atoms with van der Waals surface area (Å²) in [5.41, 5.74) is 20.4. The molecule has 0 bridgehead atoms. The molecule has 0 saturated carbocycles. The molecule has 6 heteroatoms. The number of fused-ring (bicyclic) bond motifs is 6. The first-order valence-corrected chi connectivity index (χ1v) is 30.0. The van der Waals surface area contributed by atoms with Crippen molar-refractivity contribution in [3.63, 3.8) is 0 Å². The standard InChI is InChI=1S/2C13H18O.2C13H16O.2C12H14O/c3*1-13(2,3)10-5-6-11-9(8-10)4-7-12(11)14;1-13(2,3)10-6-4-9-5-7-12(14)11(9)8-10;1-12(2,3)10-4-5-11-9(8-10)6-7-13-11;1-12(2,3)10-5-4-9-6-7-13-11(9)8-10/h2*5-6,8,12,14H,4,7H2,1-3H3;5-6,8H,4,7H2,1-3H3;4,6,8H,5,7H2,1-3H3;2*4-8H,1-3H3/t2*12-;;;;/m10..../s1. The predicted octanol–water partition coefficient (Wildman–Crippen LogP) is 19.6. The molecule has 0 radical (unpaired) electrons. The minimum absolute atomic E-state index is 0.137. The van der Waals surface area contributed by atoms with Crippen LogP contribution in [-0.2, 0) is 58.2 Å². The number of rotatable bonds is 0. The summed E-state index contributed by atoms with van der Waals surface area (Å²) in [5, 5.41) is 21.7. The van der Waals surface area contributed by atoms with Crippen molar-refractivity contribution in [1.29, 1.82) is 0 Å². The van der Waals surface area contributed by atoms with Crippen LogP contribution in [0.5, 0.6) is 0 Å². The molecule has 6 aromatic carbocycles. The van der Waals surface area contributed by atoms with Crippen LogP contribution in [-0.4, -0.2) is 21.8 Å². The maximum absolute atomic E-state index is 11.5. The molecule has 0 saturated heterocycles. The van der Waals surface area contributed by atoms with E-state index in [0.29, 0.717) is 24.4 Å². The highest BCUT2D eigenvalue weighted by Crippen LogP contribution is 2.37. The maximum atomic E-state index is 11.5. The van der Waals surface area contributed by atoms with Crippen molar-refractivity contribution in [1.82, 2.24) is 0 Å². The quantitative estimate of drug-likeness (QED) is 0.157. The Morgan fingerprint density at radius 1 is 0.329 bits per heavy atom. The molecule has 6 nitrogen and oxygen atoms in total. The topological polar surface area (TPSA) is 101 Å². The number of hydrogen-bond donors (Lipinski definition) is 2. The molecule has 12 rings (SSSR count). The monoisotopic (exact) mass is 1100 g/mol. The summed E-state index contributed by atoms with van der Waals surface area (Å²) in [7, 11) is 0. The van der Waals surface area contributed by atoms with Crippen molar-refractivity contribution >= 4 is 33.5 Å². The van der Waals surface area contributed by atoms with Crippen LogP contribution in [0.25, 0.3) is 21.9 Å². The van der Waals surface area contributed by atoms with Crippen LogP contribution in [0.3, 0.4) is 0 Å². The number of carbonyl (C=O) groups is 2. The number of aliphatic hydroxyl groups is 2. The van der Waals surface area contributed by atoms with Gasteiger partial charge in [0.2, 0.25) is 0 Å². The fraction of sp³-hybridized carbons (Fsp3) is 0.447. The lowest BCUT2D eigenvalue weighted by atomic mass is 9.85. The molecule has 0 fully saturated rings. The summed E-state index contributed by atoms with van der Waals surface area (Å²) in [6, 6.07) is 42.3. The van der Waals surface area contributed by atoms with Crippen LogP contribution >= 0.6 is 0 Å². The SMILES string of the molecule is CC(C)(C)c1ccc2c(c1)C(=O)CC2.CC(C)(C)c1ccc2c(c1)CCC2=O.CC(C)(C)c1ccc2c(c1)CC[C@@H]2O.CC(C)(C)c1ccc2c(c1)CC[C@H]2O.CC(C)(C)c1ccc2ccoc2c1.CC(C)(C)c1ccc2occc2c1. The molecule has 2 aromatic heterocycles. The van der Waals surface area contributed by atoms with Gasteiger partial charge in [0.1, 0.15) is 11.2 Å². The molecule has 2 atom stereocenters. The van der Waals surface area contributed by atoms with Gasteiger partial charge >= 0.3 is 0 Å². The van der Waals surface area contributed by atoms with E-state index in [0.717, 1.165) is 71.9 Å². The Morgan fingerprint density at radius 2 is 0.707 bits per heavy atom. The maximum Gasteiger partial charge on any atom is 0.163 e. The number of hydrogen-bond acceptors (Lipinski definition) is 6. The van der Waals surface area contributed by atoms with E-state index < -0.39 is 0 Å². The summed E-state index contributed by atoms with van der Waals surface area (Å²) in [5.74, 6) is 0.617. The van der Waals surface area contributed by atoms with Gasteiger partial charge in [0, 0.05) is 34.7 Å². The van der Waals surface area contributed by atoms with Crippen LogP contribution in [0, 0.1) is 0 Å². The second-order valence-electron chi connectivity index (χ2n) is 29.4. The second-order valence-corrected chi connectivity index (χ2v) is 29.4. The zero-order chi connectivity index (χ0) is 60.3. The molecule has 0 spiro atoms. The zero-order valence-corrected chi connectivity index (χ0v) is 53.0. The Bertz CT molecular complexity index is 3340. The van der Waals surface area contributed by atoms with Gasteiger partial charge < -0.3 is 19.0 Å². The predicted molar refractivity (Wildman–Crippen MR) is 342 cm³/mol. The number of aliphatic hydroxyl groups excluding tert-OH is 2. The van der Waals surface area contributed by atoms with E-state index in [4.69, 9.17) is 8.83 Å². The first-order chi connectivity index (χ1) is 38.1. The van der Waals surface area contributed by atoms with E-state index in [1.54, 1.807) is 12.5 Å². The molecule has 0 aliphatic heterocycles. The van der Waals surface area contributed by atoms with Gasteiger partial charge in [0.15, 0.2) is 11.6 Å². The van der Waals surface area contributed by atoms with Crippen molar-refractivity contribution in [2.24, 2.45) is 0 Å². The van der Waals surface area contributed by atoms with E-state index in [1.807, 2.05) is 24.3 Å². The van der Waals surface area contributed by atoms with Crippen molar-refractivity contribution in [3.8, 4) is 0 Å². The number of furan rings is 2. The molecule has 82 heavy (non-hydrogen) atoms. The zero-order valence-electron chi connectivity index (χ0n) is 53.0. The van der Waals surface area contributed by atoms with Gasteiger partial charge in [0.05, 0.1) is 24.7 Å². The van der Waals surface area contributed by atoms with E-state index in [1.165, 1.54) is 66.4 Å². The van der Waals surface area contributed by atoms with E-state index in [9.17, 15) is 19.8 Å². The summed E-state index contributed by atoms with van der Waals surface area (Å²) < 4.78 is 10.6. The normalized spacial score (nSPS) is 16.4. The van der Waals surface area contributed by atoms with Gasteiger partial charge in [-0.1, -0.05) is 210 Å². The summed E-state index contributed by atoms with van der Waals surface area (Å²) >= 11 is 0. The van der Waals surface area contributed by atoms with Crippen molar-refractivity contribution in [2.45, 2.75) is 221 Å². The summed E-state index contributed by atoms with van der Waals surface area (Å²) in [6.07, 6.45) is 10.1. The Hall–Kier alpha value is -6.34. The van der Waals surface area contributed by atoms with Crippen molar-refractivity contribution in [3.05, 3.63) is 212 Å². The van der Waals surface area contributed by atoms with Crippen LogP contribution in [0.1, 0.15) is 250 Å². The Kier molecular flexibility index (Phi) is 19.2. The fourth-order valence-corrected chi connectivity index (χ4v) is 10.8. The van der Waals surface area contributed by atoms with Gasteiger partial charge in [-0.3, -0.25) is 9.59 Å². The first-order valence-electron chi connectivity index (χ1n) is 30.0. The van der Waals surface area contributed by atoms with E-state index in [2.05, 4.69) is 222 Å². The first kappa shape index (κ1) is 63.2. The van der Waals surface area contributed by atoms with Crippen LogP contribution in [0.2, 0.25) is 0 Å². The van der Waals surface area contributed by atoms with Crippen molar-refractivity contribution in [2.75, 3.05) is 0 Å². The minimum atomic E-state index is -0.223. The molecular formula is C76H96O6. The highest BCUT2D eigenvalue weighted by molar-refractivity contribution is 6.01. The van der Waals surface area contributed by atoms with Gasteiger partial charge in [0.25, 0.3) is 0 Å². The van der Waals surface area contributed by atoms with Gasteiger partial charge in [-0.15, -0.1) is 0 Å². The fourth-order valence-electron chi connectivity index (χ4n) is 10.8. The number of benzene rings is 6. The van der Waals surface area contributed by atoms with E-state index in [-0.39, 0.29) is 44.7 Å². The Morgan fingerprint density at radius 3 is 1.22 bits per heavy atom. The second kappa shape index (κ2) is 24.9. The summed E-state index contributed by atoms with van der Waals surface area (Å²) in [6.45, 7) is 39.7. The van der Waals surface area contributed by atoms with E-state index >= 15 is 0 Å². The molecule has 0 amide bonds. The molecule has 2 N–H and O–H groups in total. The highest BCUT2D eigenvalue weighted by Gasteiger charge is 2.27. The minimum Gasteiger partial charge on any atom is -0.464 e. The lowest BCUT2D eigenvalue weighted by molar-refractivity contribution is 0.0986. The lowest BCUT2D eigenvalue weighted by Gasteiger charge is -2.20. The number of Topliss-reactive ketones (excluding diaryl/α,β-unsaturated/α-hetero) is 2. The molecule has 0 unspecified atom stereocenters. The smallest absolute Gasteiger partial charge is 0.163 e. The highest BCUT2D eigenvalue weighted by atomic mass is 16.3. The van der Waals surface area contributed by atoms with Crippen LogP contribution < -0.4 is 0 Å². The molecule has 436 valence electrons. The largest absolute Gasteiger partial charge is 0.464 e. The van der Waals surface area contributed by atoms with Crippen LogP contribution in [0.4, 0.5) is 0 Å². The lowest BCUT2D eigenvalue weighted by Crippen LogP contribution is -2.11. The van der Waals surface area contributed by atoms with Gasteiger partial charge in [-0.05, 0) is 174 Å². The van der Waals surface area contributed by atoms with Crippen LogP contribution in [0.15, 0.2) is 143 Å². The average molecular weight is 1110 g/mol. The third-order valence-corrected chi connectivity index (χ3v) is 16.5. The van der Waals surface area contributed by atoms with Gasteiger partial charge in [-0.25, -0.2) is 0 Å². The molecular weight excluding hydrogens is 1010 g/mol. The third-order valence-electron chi connectivity index (χ3n) is 16.5. The average Bonchev–Trinajstić information content (AvgIpc) is 4.43. The Balaban J connectivity index is 0.000000142. The third kappa shape index (κ3) is 16.0. The molecule has 4 aliphatic rings. The summed E-state index contributed by atoms with van der Waals surface area (Å²) in [4.78, 5) is 23.0. The van der Waals surface area contributed by atoms with Gasteiger partial charge in [-0.2, -0.15) is 0 Å². The molecule has 8 aromatic rings. The molecule has 2 heterocycles. The number of aryl methyl sites for hydroxylation is 4. The molecule has 4 aliphatic carbocycles. The number of carbonyl (C=O) groups excluding carboxylic acids is 2. The number of ketones is 2. The van der Waals surface area contributed by atoms with Crippen molar-refractivity contribution < 1.29 is 28.6 Å².